The Hall–Kier alpha value is -2.22. The first-order valence-electron chi connectivity index (χ1n) is 8.34. The molecule has 2 heterocycles. The van der Waals surface area contributed by atoms with Crippen molar-refractivity contribution in [2.75, 3.05) is 16.6 Å². The Bertz CT molecular complexity index is 899. The first-order valence-corrected chi connectivity index (χ1v) is 9.83. The van der Waals surface area contributed by atoms with Crippen LogP contribution in [0.5, 0.6) is 0 Å². The molecule has 3 rings (SSSR count). The molecule has 0 radical (unpaired) electrons. The molecule has 0 amide bonds. The van der Waals surface area contributed by atoms with Gasteiger partial charge in [0.2, 0.25) is 0 Å². The Kier molecular flexibility index (Phi) is 5.88. The van der Waals surface area contributed by atoms with Gasteiger partial charge in [0.15, 0.2) is 12.0 Å². The highest BCUT2D eigenvalue weighted by molar-refractivity contribution is 7.92. The molecule has 6 N–H and O–H groups in total. The van der Waals surface area contributed by atoms with Crippen molar-refractivity contribution < 1.29 is 38.1 Å². The number of aliphatic hydroxyl groups is 4. The summed E-state index contributed by atoms with van der Waals surface area (Å²) in [5, 5.41) is 45.2. The van der Waals surface area contributed by atoms with Crippen molar-refractivity contribution in [1.29, 1.82) is 0 Å². The second-order valence-electron chi connectivity index (χ2n) is 6.35. The molecule has 1 aromatic heterocycles. The third-order valence-corrected chi connectivity index (χ3v) is 5.60. The minimum Gasteiger partial charge on any atom is -0.394 e. The second-order valence-corrected chi connectivity index (χ2v) is 8.03. The first kappa shape index (κ1) is 20.5. The summed E-state index contributed by atoms with van der Waals surface area (Å²) < 4.78 is 37.2. The molecular weight excluding hydrogens is 394 g/mol. The summed E-state index contributed by atoms with van der Waals surface area (Å²) in [5.74, 6) is 0.512. The van der Waals surface area contributed by atoms with E-state index in [9.17, 15) is 28.8 Å². The molecule has 1 aromatic carbocycles. The van der Waals surface area contributed by atoms with Gasteiger partial charge in [-0.2, -0.15) is 0 Å². The van der Waals surface area contributed by atoms with Crippen LogP contribution in [0.4, 0.5) is 11.5 Å². The van der Waals surface area contributed by atoms with E-state index in [0.29, 0.717) is 11.4 Å². The molecule has 1 saturated heterocycles. The predicted octanol–water partition coefficient (Wildman–Crippen LogP) is -1.00. The van der Waals surface area contributed by atoms with Gasteiger partial charge in [-0.25, -0.2) is 8.42 Å². The minimum absolute atomic E-state index is 0.0347. The van der Waals surface area contributed by atoms with E-state index in [0.717, 1.165) is 0 Å². The van der Waals surface area contributed by atoms with Gasteiger partial charge in [0.1, 0.15) is 30.2 Å². The van der Waals surface area contributed by atoms with Crippen molar-refractivity contribution in [2.24, 2.45) is 0 Å². The number of anilines is 2. The molecule has 3 unspecified atom stereocenters. The number of sulfonamides is 1. The van der Waals surface area contributed by atoms with Crippen LogP contribution in [-0.2, 0) is 14.8 Å². The number of nitrogens with one attached hydrogen (secondary N) is 2. The van der Waals surface area contributed by atoms with Gasteiger partial charge in [0, 0.05) is 11.8 Å². The molecule has 5 atom stereocenters. The Balaban J connectivity index is 1.70. The van der Waals surface area contributed by atoms with Gasteiger partial charge in [-0.1, -0.05) is 5.16 Å². The van der Waals surface area contributed by atoms with Gasteiger partial charge >= 0.3 is 0 Å². The highest BCUT2D eigenvalue weighted by Gasteiger charge is 2.43. The van der Waals surface area contributed by atoms with Crippen molar-refractivity contribution in [3.63, 3.8) is 0 Å². The lowest BCUT2D eigenvalue weighted by atomic mass is 9.98. The predicted molar refractivity (Wildman–Crippen MR) is 95.9 cm³/mol. The fourth-order valence-corrected chi connectivity index (χ4v) is 3.71. The largest absolute Gasteiger partial charge is 0.394 e. The van der Waals surface area contributed by atoms with E-state index >= 15 is 0 Å². The summed E-state index contributed by atoms with van der Waals surface area (Å²) in [4.78, 5) is -0.0347. The SMILES string of the molecule is Cc1cc(NS(=O)(=O)c2ccc(N[C@@H]3OC(CO)[C@@H](O)C(O)C3O)cc2)no1. The molecule has 28 heavy (non-hydrogen) atoms. The molecule has 1 aliphatic rings. The molecule has 154 valence electrons. The molecule has 2 aromatic rings. The molecule has 1 fully saturated rings. The zero-order valence-corrected chi connectivity index (χ0v) is 15.6. The van der Waals surface area contributed by atoms with Gasteiger partial charge in [-0.3, -0.25) is 4.72 Å². The zero-order chi connectivity index (χ0) is 20.5. The van der Waals surface area contributed by atoms with Crippen LogP contribution in [0.2, 0.25) is 0 Å². The monoisotopic (exact) mass is 415 g/mol. The molecule has 0 aliphatic carbocycles. The van der Waals surface area contributed by atoms with E-state index in [1.807, 2.05) is 0 Å². The van der Waals surface area contributed by atoms with Crippen molar-refractivity contribution in [3.8, 4) is 0 Å². The van der Waals surface area contributed by atoms with E-state index in [4.69, 9.17) is 9.26 Å². The summed E-state index contributed by atoms with van der Waals surface area (Å²) in [6, 6.07) is 6.95. The number of aliphatic hydroxyl groups excluding tert-OH is 4. The highest BCUT2D eigenvalue weighted by atomic mass is 32.2. The highest BCUT2D eigenvalue weighted by Crippen LogP contribution is 2.24. The van der Waals surface area contributed by atoms with Crippen molar-refractivity contribution >= 4 is 21.5 Å². The average molecular weight is 415 g/mol. The normalized spacial score (nSPS) is 28.1. The fraction of sp³-hybridized carbons (Fsp3) is 0.438. The zero-order valence-electron chi connectivity index (χ0n) is 14.8. The van der Waals surface area contributed by atoms with E-state index in [2.05, 4.69) is 15.2 Å². The first-order chi connectivity index (χ1) is 13.2. The van der Waals surface area contributed by atoms with Crippen LogP contribution in [0.1, 0.15) is 5.76 Å². The summed E-state index contributed by atoms with van der Waals surface area (Å²) in [6.07, 6.45) is -6.60. The maximum absolute atomic E-state index is 12.4. The number of aryl methyl sites for hydroxylation is 1. The Morgan fingerprint density at radius 1 is 1.11 bits per heavy atom. The Morgan fingerprint density at radius 2 is 1.79 bits per heavy atom. The van der Waals surface area contributed by atoms with Crippen LogP contribution in [0.25, 0.3) is 0 Å². The van der Waals surface area contributed by atoms with Crippen LogP contribution >= 0.6 is 0 Å². The lowest BCUT2D eigenvalue weighted by Gasteiger charge is -2.40. The number of ether oxygens (including phenoxy) is 1. The molecule has 1 aliphatic heterocycles. The number of aromatic nitrogens is 1. The smallest absolute Gasteiger partial charge is 0.263 e. The lowest BCUT2D eigenvalue weighted by molar-refractivity contribution is -0.221. The van der Waals surface area contributed by atoms with Crippen LogP contribution in [0, 0.1) is 6.92 Å². The summed E-state index contributed by atoms with van der Waals surface area (Å²) >= 11 is 0. The third kappa shape index (κ3) is 4.27. The summed E-state index contributed by atoms with van der Waals surface area (Å²) in [7, 11) is -3.88. The number of nitrogens with zero attached hydrogens (tertiary/aromatic N) is 1. The summed E-state index contributed by atoms with van der Waals surface area (Å²) in [6.45, 7) is 1.08. The Morgan fingerprint density at radius 3 is 2.36 bits per heavy atom. The maximum Gasteiger partial charge on any atom is 0.263 e. The van der Waals surface area contributed by atoms with E-state index < -0.39 is 47.3 Å². The van der Waals surface area contributed by atoms with Gasteiger partial charge in [0.05, 0.1) is 11.5 Å². The lowest BCUT2D eigenvalue weighted by Crippen LogP contribution is -2.60. The molecule has 11 nitrogen and oxygen atoms in total. The van der Waals surface area contributed by atoms with Crippen LogP contribution in [0.15, 0.2) is 39.8 Å². The number of hydrogen-bond acceptors (Lipinski definition) is 10. The number of rotatable bonds is 6. The van der Waals surface area contributed by atoms with Crippen LogP contribution < -0.4 is 10.0 Å². The average Bonchev–Trinajstić information content (AvgIpc) is 3.06. The van der Waals surface area contributed by atoms with Crippen molar-refractivity contribution in [3.05, 3.63) is 36.1 Å². The van der Waals surface area contributed by atoms with E-state index in [-0.39, 0.29) is 10.7 Å². The van der Waals surface area contributed by atoms with Gasteiger partial charge in [0.25, 0.3) is 10.0 Å². The molecule has 0 spiro atoms. The van der Waals surface area contributed by atoms with Gasteiger partial charge in [-0.05, 0) is 31.2 Å². The topological polar surface area (TPSA) is 174 Å². The van der Waals surface area contributed by atoms with Crippen LogP contribution in [-0.4, -0.2) is 71.3 Å². The fourth-order valence-electron chi connectivity index (χ4n) is 2.73. The number of hydrogen-bond donors (Lipinski definition) is 6. The molecule has 0 saturated carbocycles. The van der Waals surface area contributed by atoms with E-state index in [1.165, 1.54) is 30.3 Å². The molecule has 0 bridgehead atoms. The molecule has 12 heteroatoms. The Labute approximate surface area is 160 Å². The van der Waals surface area contributed by atoms with Gasteiger partial charge in [-0.15, -0.1) is 0 Å². The second kappa shape index (κ2) is 8.03. The summed E-state index contributed by atoms with van der Waals surface area (Å²) in [5.41, 5.74) is 0.389. The minimum atomic E-state index is -3.88. The van der Waals surface area contributed by atoms with Crippen molar-refractivity contribution in [2.45, 2.75) is 42.5 Å². The van der Waals surface area contributed by atoms with Crippen LogP contribution in [0.3, 0.4) is 0 Å². The maximum atomic E-state index is 12.4. The molecular formula is C16H21N3O8S. The van der Waals surface area contributed by atoms with E-state index in [1.54, 1.807) is 6.92 Å². The van der Waals surface area contributed by atoms with Crippen molar-refractivity contribution in [1.82, 2.24) is 5.16 Å². The third-order valence-electron chi connectivity index (χ3n) is 4.23. The standard InChI is InChI=1S/C16H21N3O8S/c1-8-6-12(18-27-8)19-28(24,25)10-4-2-9(3-5-10)17-16-15(23)14(22)13(21)11(7-20)26-16/h2-6,11,13-17,20-23H,7H2,1H3,(H,18,19)/t11?,13-,14?,15?,16-/m1/s1. The number of benzene rings is 1. The quantitative estimate of drug-likeness (QED) is 0.343. The van der Waals surface area contributed by atoms with Gasteiger partial charge < -0.3 is 35.0 Å².